The molecule has 7 heteroatoms. The zero-order valence-electron chi connectivity index (χ0n) is 10.2. The molecule has 1 heterocycles. The molecule has 0 bridgehead atoms. The SMILES string of the molecule is CC(NC(=O)c1cc(Br)sc1Br)c1ccc(Cl)cc1Cl. The number of carbonyl (C=O) groups is 1. The van der Waals surface area contributed by atoms with Crippen molar-refractivity contribution in [3.05, 3.63) is 53.0 Å². The molecule has 1 aromatic heterocycles. The first kappa shape index (κ1) is 16.3. The fourth-order valence-corrected chi connectivity index (χ4v) is 5.07. The molecule has 2 nitrogen and oxygen atoms in total. The average Bonchev–Trinajstić information content (AvgIpc) is 2.68. The Labute approximate surface area is 147 Å². The molecule has 0 aliphatic heterocycles. The maximum absolute atomic E-state index is 12.2. The van der Waals surface area contributed by atoms with Crippen LogP contribution in [-0.4, -0.2) is 5.91 Å². The second-order valence-electron chi connectivity index (χ2n) is 4.10. The van der Waals surface area contributed by atoms with E-state index >= 15 is 0 Å². The number of halogens is 4. The van der Waals surface area contributed by atoms with Crippen LogP contribution in [0, 0.1) is 0 Å². The Morgan fingerprint density at radius 1 is 1.30 bits per heavy atom. The molecular weight excluding hydrogens is 449 g/mol. The lowest BCUT2D eigenvalue weighted by Gasteiger charge is -2.15. The van der Waals surface area contributed by atoms with Gasteiger partial charge in [-0.15, -0.1) is 11.3 Å². The van der Waals surface area contributed by atoms with Crippen molar-refractivity contribution in [2.75, 3.05) is 0 Å². The minimum absolute atomic E-state index is 0.155. The van der Waals surface area contributed by atoms with Gasteiger partial charge < -0.3 is 5.32 Å². The van der Waals surface area contributed by atoms with E-state index < -0.39 is 0 Å². The summed E-state index contributed by atoms with van der Waals surface area (Å²) in [5.41, 5.74) is 1.42. The predicted octanol–water partition coefficient (Wildman–Crippen LogP) is 6.07. The van der Waals surface area contributed by atoms with Crippen molar-refractivity contribution in [2.24, 2.45) is 0 Å². The van der Waals surface area contributed by atoms with Crippen LogP contribution in [0.4, 0.5) is 0 Å². The summed E-state index contributed by atoms with van der Waals surface area (Å²) in [6.45, 7) is 1.88. The van der Waals surface area contributed by atoms with Crippen LogP contribution in [0.1, 0.15) is 28.9 Å². The fraction of sp³-hybridized carbons (Fsp3) is 0.154. The molecule has 2 rings (SSSR count). The van der Waals surface area contributed by atoms with E-state index in [4.69, 9.17) is 23.2 Å². The Morgan fingerprint density at radius 2 is 2.00 bits per heavy atom. The van der Waals surface area contributed by atoms with Gasteiger partial charge in [-0.3, -0.25) is 4.79 Å². The van der Waals surface area contributed by atoms with E-state index in [2.05, 4.69) is 37.2 Å². The van der Waals surface area contributed by atoms with Crippen molar-refractivity contribution >= 4 is 72.3 Å². The Morgan fingerprint density at radius 3 is 2.55 bits per heavy atom. The largest absolute Gasteiger partial charge is 0.345 e. The maximum Gasteiger partial charge on any atom is 0.253 e. The summed E-state index contributed by atoms with van der Waals surface area (Å²) in [6.07, 6.45) is 0. The average molecular weight is 458 g/mol. The minimum atomic E-state index is -0.210. The number of benzene rings is 1. The molecule has 0 radical (unpaired) electrons. The number of carbonyl (C=O) groups excluding carboxylic acids is 1. The van der Waals surface area contributed by atoms with Gasteiger partial charge in [0.2, 0.25) is 0 Å². The Hall–Kier alpha value is -0.0700. The van der Waals surface area contributed by atoms with E-state index in [1.54, 1.807) is 18.2 Å². The van der Waals surface area contributed by atoms with Crippen molar-refractivity contribution in [2.45, 2.75) is 13.0 Å². The van der Waals surface area contributed by atoms with Gasteiger partial charge in [0, 0.05) is 10.0 Å². The second-order valence-corrected chi connectivity index (χ2v) is 8.69. The van der Waals surface area contributed by atoms with E-state index in [0.717, 1.165) is 13.1 Å². The summed E-state index contributed by atoms with van der Waals surface area (Å²) in [5, 5.41) is 4.03. The van der Waals surface area contributed by atoms with Crippen molar-refractivity contribution in [3.8, 4) is 0 Å². The number of nitrogens with one attached hydrogen (secondary N) is 1. The third-order valence-electron chi connectivity index (χ3n) is 2.68. The lowest BCUT2D eigenvalue weighted by atomic mass is 10.1. The van der Waals surface area contributed by atoms with E-state index in [-0.39, 0.29) is 11.9 Å². The highest BCUT2D eigenvalue weighted by Gasteiger charge is 2.18. The number of hydrogen-bond acceptors (Lipinski definition) is 2. The van der Waals surface area contributed by atoms with Gasteiger partial charge in [0.25, 0.3) is 5.91 Å². The normalized spacial score (nSPS) is 12.2. The van der Waals surface area contributed by atoms with Gasteiger partial charge in [0.05, 0.1) is 19.2 Å². The molecule has 1 atom stereocenters. The standard InChI is InChI=1S/C13H9Br2Cl2NOS/c1-6(8-3-2-7(16)4-10(8)17)18-13(19)9-5-11(14)20-12(9)15/h2-6H,1H3,(H,18,19). The first-order valence-electron chi connectivity index (χ1n) is 5.59. The molecular formula is C13H9Br2Cl2NOS. The quantitative estimate of drug-likeness (QED) is 0.595. The topological polar surface area (TPSA) is 29.1 Å². The number of amides is 1. The highest BCUT2D eigenvalue weighted by Crippen LogP contribution is 2.32. The zero-order valence-corrected chi connectivity index (χ0v) is 15.7. The lowest BCUT2D eigenvalue weighted by Crippen LogP contribution is -2.26. The summed E-state index contributed by atoms with van der Waals surface area (Å²) >= 11 is 20.2. The Bertz CT molecular complexity index is 660. The van der Waals surface area contributed by atoms with Crippen molar-refractivity contribution in [1.82, 2.24) is 5.32 Å². The van der Waals surface area contributed by atoms with Gasteiger partial charge in [0.15, 0.2) is 0 Å². The van der Waals surface area contributed by atoms with Gasteiger partial charge in [-0.25, -0.2) is 0 Å². The van der Waals surface area contributed by atoms with Crippen LogP contribution in [0.25, 0.3) is 0 Å². The highest BCUT2D eigenvalue weighted by atomic mass is 79.9. The molecule has 0 fully saturated rings. The number of thiophene rings is 1. The first-order valence-corrected chi connectivity index (χ1v) is 8.75. The first-order chi connectivity index (χ1) is 9.38. The van der Waals surface area contributed by atoms with Gasteiger partial charge >= 0.3 is 0 Å². The molecule has 0 aliphatic rings. The van der Waals surface area contributed by atoms with Crippen LogP contribution < -0.4 is 5.32 Å². The summed E-state index contributed by atoms with van der Waals surface area (Å²) in [5.74, 6) is -0.155. The van der Waals surface area contributed by atoms with Crippen LogP contribution in [-0.2, 0) is 0 Å². The fourth-order valence-electron chi connectivity index (χ4n) is 1.70. The molecule has 0 spiro atoms. The molecule has 0 saturated carbocycles. The van der Waals surface area contributed by atoms with Crippen molar-refractivity contribution in [3.63, 3.8) is 0 Å². The molecule has 1 unspecified atom stereocenters. The number of hydrogen-bond donors (Lipinski definition) is 1. The smallest absolute Gasteiger partial charge is 0.253 e. The van der Waals surface area contributed by atoms with Gasteiger partial charge in [-0.2, -0.15) is 0 Å². The minimum Gasteiger partial charge on any atom is -0.345 e. The zero-order chi connectivity index (χ0) is 14.9. The molecule has 0 saturated heterocycles. The van der Waals surface area contributed by atoms with E-state index in [1.807, 2.05) is 13.0 Å². The molecule has 1 amide bonds. The van der Waals surface area contributed by atoms with Crippen LogP contribution in [0.5, 0.6) is 0 Å². The molecule has 2 aromatic rings. The molecule has 1 N–H and O–H groups in total. The Balaban J connectivity index is 2.17. The third-order valence-corrected chi connectivity index (χ3v) is 5.58. The molecule has 106 valence electrons. The number of rotatable bonds is 3. The van der Waals surface area contributed by atoms with Crippen LogP contribution in [0.15, 0.2) is 31.8 Å². The van der Waals surface area contributed by atoms with E-state index in [1.165, 1.54) is 11.3 Å². The third kappa shape index (κ3) is 3.77. The van der Waals surface area contributed by atoms with Crippen molar-refractivity contribution < 1.29 is 4.79 Å². The molecule has 0 aliphatic carbocycles. The van der Waals surface area contributed by atoms with E-state index in [9.17, 15) is 4.79 Å². The molecule has 1 aromatic carbocycles. The summed E-state index contributed by atoms with van der Waals surface area (Å²) in [4.78, 5) is 12.2. The second kappa shape index (κ2) is 6.79. The van der Waals surface area contributed by atoms with Crippen LogP contribution in [0.3, 0.4) is 0 Å². The van der Waals surface area contributed by atoms with E-state index in [0.29, 0.717) is 15.6 Å². The van der Waals surface area contributed by atoms with Crippen LogP contribution >= 0.6 is 66.4 Å². The Kier molecular flexibility index (Phi) is 5.54. The van der Waals surface area contributed by atoms with Crippen molar-refractivity contribution in [1.29, 1.82) is 0 Å². The highest BCUT2D eigenvalue weighted by molar-refractivity contribution is 9.12. The van der Waals surface area contributed by atoms with Gasteiger partial charge in [0.1, 0.15) is 0 Å². The monoisotopic (exact) mass is 455 g/mol. The summed E-state index contributed by atoms with van der Waals surface area (Å²) in [7, 11) is 0. The van der Waals surface area contributed by atoms with Gasteiger partial charge in [-0.05, 0) is 62.5 Å². The summed E-state index contributed by atoms with van der Waals surface area (Å²) in [6, 6.07) is 6.80. The molecule has 20 heavy (non-hydrogen) atoms. The van der Waals surface area contributed by atoms with Crippen LogP contribution in [0.2, 0.25) is 10.0 Å². The lowest BCUT2D eigenvalue weighted by molar-refractivity contribution is 0.0939. The summed E-state index contributed by atoms with van der Waals surface area (Å²) < 4.78 is 1.68. The maximum atomic E-state index is 12.2. The van der Waals surface area contributed by atoms with Gasteiger partial charge in [-0.1, -0.05) is 29.3 Å². The predicted molar refractivity (Wildman–Crippen MR) is 92.1 cm³/mol.